The van der Waals surface area contributed by atoms with E-state index in [1.165, 1.54) is 102 Å². The van der Waals surface area contributed by atoms with Crippen molar-refractivity contribution in [3.05, 3.63) is 12.2 Å². The van der Waals surface area contributed by atoms with Gasteiger partial charge in [-0.25, -0.2) is 4.79 Å². The Kier molecular flexibility index (Phi) is 21.8. The number of rotatable bonds is 21. The molecule has 0 heterocycles. The van der Waals surface area contributed by atoms with Crippen molar-refractivity contribution in [2.75, 3.05) is 13.2 Å². The number of esters is 1. The van der Waals surface area contributed by atoms with Crippen LogP contribution in [0, 0.1) is 5.92 Å². The SMILES string of the molecule is CCCCCCCCCCCCCCCCCC[C@H](/C=C/C(=O)OCC)CO. The molecule has 0 unspecified atom stereocenters. The molecule has 0 saturated heterocycles. The summed E-state index contributed by atoms with van der Waals surface area (Å²) in [6.07, 6.45) is 26.1. The fraction of sp³-hybridized carbons (Fsp3) is 0.880. The molecule has 3 heteroatoms. The van der Waals surface area contributed by atoms with Gasteiger partial charge in [0.15, 0.2) is 0 Å². The lowest BCUT2D eigenvalue weighted by atomic mass is 10.00. The maximum absolute atomic E-state index is 11.3. The Labute approximate surface area is 175 Å². The van der Waals surface area contributed by atoms with Gasteiger partial charge in [0.25, 0.3) is 0 Å². The molecule has 3 nitrogen and oxygen atoms in total. The minimum Gasteiger partial charge on any atom is -0.463 e. The van der Waals surface area contributed by atoms with Gasteiger partial charge in [-0.15, -0.1) is 0 Å². The molecule has 0 amide bonds. The molecule has 0 spiro atoms. The zero-order valence-electron chi connectivity index (χ0n) is 18.9. The summed E-state index contributed by atoms with van der Waals surface area (Å²) in [5.74, 6) is -0.232. The van der Waals surface area contributed by atoms with E-state index in [4.69, 9.17) is 4.74 Å². The first-order valence-corrected chi connectivity index (χ1v) is 12.2. The van der Waals surface area contributed by atoms with Crippen molar-refractivity contribution >= 4 is 5.97 Å². The average molecular weight is 397 g/mol. The zero-order chi connectivity index (χ0) is 20.7. The summed E-state index contributed by atoms with van der Waals surface area (Å²) in [6, 6.07) is 0. The maximum Gasteiger partial charge on any atom is 0.330 e. The Hall–Kier alpha value is -0.830. The van der Waals surface area contributed by atoms with Gasteiger partial charge in [0.1, 0.15) is 0 Å². The van der Waals surface area contributed by atoms with Crippen LogP contribution in [-0.4, -0.2) is 24.3 Å². The minimum absolute atomic E-state index is 0.0797. The summed E-state index contributed by atoms with van der Waals surface area (Å²) >= 11 is 0. The van der Waals surface area contributed by atoms with E-state index in [2.05, 4.69) is 6.92 Å². The summed E-state index contributed by atoms with van der Waals surface area (Å²) < 4.78 is 4.86. The molecular formula is C25H48O3. The fourth-order valence-corrected chi connectivity index (χ4v) is 3.61. The molecule has 0 rings (SSSR count). The minimum atomic E-state index is -0.312. The van der Waals surface area contributed by atoms with E-state index in [1.807, 2.05) is 0 Å². The Morgan fingerprint density at radius 1 is 0.750 bits per heavy atom. The topological polar surface area (TPSA) is 46.5 Å². The van der Waals surface area contributed by atoms with Crippen molar-refractivity contribution in [2.45, 2.75) is 123 Å². The summed E-state index contributed by atoms with van der Waals surface area (Å²) in [7, 11) is 0. The van der Waals surface area contributed by atoms with Crippen LogP contribution in [0.2, 0.25) is 0 Å². The molecule has 0 saturated carbocycles. The number of carbonyl (C=O) groups is 1. The number of unbranched alkanes of at least 4 members (excludes halogenated alkanes) is 15. The number of aliphatic hydroxyl groups excluding tert-OH is 1. The third-order valence-corrected chi connectivity index (χ3v) is 5.45. The normalized spacial score (nSPS) is 12.5. The van der Waals surface area contributed by atoms with Gasteiger partial charge in [-0.2, -0.15) is 0 Å². The first kappa shape index (κ1) is 27.2. The van der Waals surface area contributed by atoms with Gasteiger partial charge in [-0.05, 0) is 13.3 Å². The van der Waals surface area contributed by atoms with Crippen molar-refractivity contribution in [1.29, 1.82) is 0 Å². The molecule has 0 aromatic carbocycles. The standard InChI is InChI=1S/C25H48O3/c1-3-5-6-7-8-9-10-11-12-13-14-15-16-17-18-19-20-24(23-26)21-22-25(27)28-4-2/h21-22,24,26H,3-20,23H2,1-2H3/b22-21+/t24-/m1/s1. The Balaban J connectivity index is 3.33. The average Bonchev–Trinajstić information content (AvgIpc) is 2.70. The first-order valence-electron chi connectivity index (χ1n) is 12.2. The lowest BCUT2D eigenvalue weighted by Gasteiger charge is -2.09. The van der Waals surface area contributed by atoms with Crippen molar-refractivity contribution in [3.8, 4) is 0 Å². The fourth-order valence-electron chi connectivity index (χ4n) is 3.61. The van der Waals surface area contributed by atoms with E-state index >= 15 is 0 Å². The lowest BCUT2D eigenvalue weighted by Crippen LogP contribution is -2.05. The number of hydrogen-bond acceptors (Lipinski definition) is 3. The summed E-state index contributed by atoms with van der Waals surface area (Å²) in [6.45, 7) is 4.58. The number of ether oxygens (including phenoxy) is 1. The van der Waals surface area contributed by atoms with Crippen molar-refractivity contribution in [3.63, 3.8) is 0 Å². The second-order valence-corrected chi connectivity index (χ2v) is 8.15. The molecule has 0 bridgehead atoms. The highest BCUT2D eigenvalue weighted by atomic mass is 16.5. The monoisotopic (exact) mass is 396 g/mol. The molecule has 0 radical (unpaired) electrons. The van der Waals surface area contributed by atoms with Crippen LogP contribution in [-0.2, 0) is 9.53 Å². The van der Waals surface area contributed by atoms with Crippen LogP contribution < -0.4 is 0 Å². The van der Waals surface area contributed by atoms with E-state index < -0.39 is 0 Å². The molecule has 0 fully saturated rings. The van der Waals surface area contributed by atoms with Crippen LogP contribution in [0.15, 0.2) is 12.2 Å². The predicted molar refractivity (Wildman–Crippen MR) is 121 cm³/mol. The van der Waals surface area contributed by atoms with Gasteiger partial charge in [0.2, 0.25) is 0 Å². The smallest absolute Gasteiger partial charge is 0.330 e. The highest BCUT2D eigenvalue weighted by molar-refractivity contribution is 5.81. The Morgan fingerprint density at radius 2 is 1.18 bits per heavy atom. The van der Waals surface area contributed by atoms with Crippen LogP contribution in [0.5, 0.6) is 0 Å². The molecule has 166 valence electrons. The third-order valence-electron chi connectivity index (χ3n) is 5.45. The Morgan fingerprint density at radius 3 is 1.57 bits per heavy atom. The molecule has 1 atom stereocenters. The number of carbonyl (C=O) groups excluding carboxylic acids is 1. The van der Waals surface area contributed by atoms with E-state index in [9.17, 15) is 9.90 Å². The zero-order valence-corrected chi connectivity index (χ0v) is 18.9. The molecule has 0 aromatic rings. The van der Waals surface area contributed by atoms with E-state index in [0.29, 0.717) is 6.61 Å². The quantitative estimate of drug-likeness (QED) is 0.125. The number of hydrogen-bond donors (Lipinski definition) is 1. The molecule has 0 aromatic heterocycles. The second-order valence-electron chi connectivity index (χ2n) is 8.15. The van der Waals surface area contributed by atoms with E-state index in [0.717, 1.165) is 12.8 Å². The van der Waals surface area contributed by atoms with E-state index in [-0.39, 0.29) is 18.5 Å². The van der Waals surface area contributed by atoms with Gasteiger partial charge in [-0.3, -0.25) is 0 Å². The first-order chi connectivity index (χ1) is 13.7. The molecule has 28 heavy (non-hydrogen) atoms. The molecule has 0 aliphatic heterocycles. The van der Waals surface area contributed by atoms with Crippen LogP contribution in [0.3, 0.4) is 0 Å². The highest BCUT2D eigenvalue weighted by Gasteiger charge is 2.04. The van der Waals surface area contributed by atoms with Crippen LogP contribution in [0.1, 0.15) is 123 Å². The van der Waals surface area contributed by atoms with E-state index in [1.54, 1.807) is 13.0 Å². The predicted octanol–water partition coefficient (Wildman–Crippen LogP) is 7.37. The van der Waals surface area contributed by atoms with Crippen LogP contribution in [0.25, 0.3) is 0 Å². The largest absolute Gasteiger partial charge is 0.463 e. The van der Waals surface area contributed by atoms with Crippen LogP contribution in [0.4, 0.5) is 0 Å². The van der Waals surface area contributed by atoms with Gasteiger partial charge in [-0.1, -0.05) is 116 Å². The molecule has 1 N–H and O–H groups in total. The van der Waals surface area contributed by atoms with Gasteiger partial charge in [0.05, 0.1) is 6.61 Å². The highest BCUT2D eigenvalue weighted by Crippen LogP contribution is 2.15. The van der Waals surface area contributed by atoms with Crippen molar-refractivity contribution in [2.24, 2.45) is 5.92 Å². The molecule has 0 aliphatic carbocycles. The van der Waals surface area contributed by atoms with Gasteiger partial charge in [0, 0.05) is 18.6 Å². The summed E-state index contributed by atoms with van der Waals surface area (Å²) in [5, 5.41) is 9.39. The molecule has 0 aliphatic rings. The molecular weight excluding hydrogens is 348 g/mol. The second kappa shape index (κ2) is 22.5. The third kappa shape index (κ3) is 19.9. The maximum atomic E-state index is 11.3. The van der Waals surface area contributed by atoms with Gasteiger partial charge >= 0.3 is 5.97 Å². The Bertz CT molecular complexity index is 352. The number of aliphatic hydroxyl groups is 1. The van der Waals surface area contributed by atoms with Crippen molar-refractivity contribution in [1.82, 2.24) is 0 Å². The summed E-state index contributed by atoms with van der Waals surface area (Å²) in [5.41, 5.74) is 0. The van der Waals surface area contributed by atoms with Crippen LogP contribution >= 0.6 is 0 Å². The van der Waals surface area contributed by atoms with Gasteiger partial charge < -0.3 is 9.84 Å². The summed E-state index contributed by atoms with van der Waals surface area (Å²) in [4.78, 5) is 11.3. The van der Waals surface area contributed by atoms with Crippen molar-refractivity contribution < 1.29 is 14.6 Å². The lowest BCUT2D eigenvalue weighted by molar-refractivity contribution is -0.137.